The molecule has 9 nitrogen and oxygen atoms in total. The van der Waals surface area contributed by atoms with Crippen molar-refractivity contribution < 1.29 is 28.4 Å². The Morgan fingerprint density at radius 1 is 0.974 bits per heavy atom. The first-order chi connectivity index (χ1) is 18.7. The molecule has 4 heterocycles. The number of allylic oxidation sites excluding steroid dienone is 2. The Morgan fingerprint density at radius 2 is 1.79 bits per heavy atom. The molecule has 0 radical (unpaired) electrons. The zero-order valence-electron chi connectivity index (χ0n) is 22.7. The van der Waals surface area contributed by atoms with Crippen LogP contribution in [0.4, 0.5) is 5.69 Å². The quantitative estimate of drug-likeness (QED) is 0.436. The van der Waals surface area contributed by atoms with Gasteiger partial charge in [-0.05, 0) is 58.0 Å². The maximum Gasteiger partial charge on any atom is 0.190 e. The first kappa shape index (κ1) is 27.0. The largest absolute Gasteiger partial charge is 0.494 e. The number of hydrogen-bond acceptors (Lipinski definition) is 9. The molecule has 3 aliphatic heterocycles. The first-order valence-corrected chi connectivity index (χ1v) is 13.9. The van der Waals surface area contributed by atoms with Crippen LogP contribution < -0.4 is 10.6 Å². The summed E-state index contributed by atoms with van der Waals surface area (Å²) in [6.07, 6.45) is 6.28. The molecule has 2 N–H and O–H groups in total. The number of rotatable bonds is 9. The minimum Gasteiger partial charge on any atom is -0.494 e. The highest BCUT2D eigenvalue weighted by atomic mass is 35.5. The van der Waals surface area contributed by atoms with Crippen LogP contribution in [0, 0.1) is 5.92 Å². The van der Waals surface area contributed by atoms with E-state index in [1.165, 1.54) is 0 Å². The summed E-state index contributed by atoms with van der Waals surface area (Å²) in [6, 6.07) is 7.73. The second kappa shape index (κ2) is 10.6. The first-order valence-electron chi connectivity index (χ1n) is 13.5. The van der Waals surface area contributed by atoms with Crippen molar-refractivity contribution in [3.63, 3.8) is 0 Å². The predicted molar refractivity (Wildman–Crippen MR) is 147 cm³/mol. The number of fused-ring (bicyclic) bond motifs is 4. The molecule has 0 bridgehead atoms. The fourth-order valence-corrected chi connectivity index (χ4v) is 5.84. The number of nitrogens with zero attached hydrogens (tertiary/aromatic N) is 1. The molecule has 1 unspecified atom stereocenters. The van der Waals surface area contributed by atoms with Gasteiger partial charge in [0.1, 0.15) is 36.8 Å². The van der Waals surface area contributed by atoms with Gasteiger partial charge in [0.15, 0.2) is 17.9 Å². The number of benzene rings is 1. The van der Waals surface area contributed by atoms with E-state index in [0.717, 1.165) is 42.0 Å². The molecule has 0 amide bonds. The molecular weight excluding hydrogens is 522 g/mol. The van der Waals surface area contributed by atoms with E-state index in [9.17, 15) is 0 Å². The summed E-state index contributed by atoms with van der Waals surface area (Å²) < 4.78 is 36.9. The Labute approximate surface area is 233 Å². The summed E-state index contributed by atoms with van der Waals surface area (Å²) in [6.45, 7) is 10.3. The maximum atomic E-state index is 6.29. The number of hydrogen-bond donors (Lipinski definition) is 2. The molecule has 3 saturated heterocycles. The molecule has 1 aromatic heterocycles. The second-order valence-electron chi connectivity index (χ2n) is 11.2. The number of pyridine rings is 1. The van der Waals surface area contributed by atoms with Crippen LogP contribution in [0.2, 0.25) is 5.02 Å². The molecule has 210 valence electrons. The Kier molecular flexibility index (Phi) is 7.35. The van der Waals surface area contributed by atoms with E-state index in [1.54, 1.807) is 6.20 Å². The topological polar surface area (TPSA) is 92.3 Å². The average molecular weight is 558 g/mol. The Bertz CT molecular complexity index is 1270. The van der Waals surface area contributed by atoms with E-state index in [4.69, 9.17) is 40.0 Å². The zero-order chi connectivity index (χ0) is 27.2. The number of nitrogens with one attached hydrogen (secondary N) is 2. The molecule has 0 saturated carbocycles. The standard InChI is InChI=1S/C29H36ClN3O6/c1-28(2)36-23(24-25(37-28)26-27(35-24)39-29(3,4)38-26)16-34-22-7-5-6-17(22)15-31-12-13-33-20-10-11-32-21-14-18(30)8-9-19(20)21/h5-11,14,17,23-27,31H,12-13,15-16H2,1-4H3,(H,32,33)/t17?,23-,24-,25+,26-,27-/m1/s1. The summed E-state index contributed by atoms with van der Waals surface area (Å²) in [5.41, 5.74) is 1.92. The smallest absolute Gasteiger partial charge is 0.190 e. The van der Waals surface area contributed by atoms with Crippen LogP contribution in [-0.2, 0) is 28.4 Å². The van der Waals surface area contributed by atoms with Crippen molar-refractivity contribution in [3.05, 3.63) is 59.5 Å². The molecule has 1 aliphatic carbocycles. The van der Waals surface area contributed by atoms with E-state index < -0.39 is 17.9 Å². The number of halogens is 1. The van der Waals surface area contributed by atoms with Crippen molar-refractivity contribution in [1.82, 2.24) is 10.3 Å². The van der Waals surface area contributed by atoms with E-state index in [0.29, 0.717) is 11.6 Å². The molecular formula is C29H36ClN3O6. The Morgan fingerprint density at radius 3 is 2.67 bits per heavy atom. The highest BCUT2D eigenvalue weighted by molar-refractivity contribution is 6.31. The number of ether oxygens (including phenoxy) is 6. The van der Waals surface area contributed by atoms with Gasteiger partial charge in [0.2, 0.25) is 0 Å². The Balaban J connectivity index is 0.982. The van der Waals surface area contributed by atoms with Crippen LogP contribution in [0.15, 0.2) is 54.4 Å². The summed E-state index contributed by atoms with van der Waals surface area (Å²) in [7, 11) is 0. The van der Waals surface area contributed by atoms with Gasteiger partial charge >= 0.3 is 0 Å². The van der Waals surface area contributed by atoms with Crippen LogP contribution in [0.3, 0.4) is 0 Å². The molecule has 1 aromatic carbocycles. The number of aromatic nitrogens is 1. The lowest BCUT2D eigenvalue weighted by atomic mass is 10.0. The van der Waals surface area contributed by atoms with Gasteiger partial charge in [0, 0.05) is 47.8 Å². The van der Waals surface area contributed by atoms with Gasteiger partial charge in [0.05, 0.1) is 5.52 Å². The highest BCUT2D eigenvalue weighted by Crippen LogP contribution is 2.44. The normalized spacial score (nSPS) is 32.2. The third kappa shape index (κ3) is 5.81. The van der Waals surface area contributed by atoms with Gasteiger partial charge in [-0.3, -0.25) is 4.98 Å². The van der Waals surface area contributed by atoms with Crippen molar-refractivity contribution in [3.8, 4) is 0 Å². The molecule has 0 spiro atoms. The maximum absolute atomic E-state index is 6.29. The van der Waals surface area contributed by atoms with Crippen LogP contribution in [0.5, 0.6) is 0 Å². The van der Waals surface area contributed by atoms with Gasteiger partial charge in [-0.1, -0.05) is 23.8 Å². The lowest BCUT2D eigenvalue weighted by Gasteiger charge is -2.43. The van der Waals surface area contributed by atoms with Crippen molar-refractivity contribution >= 4 is 28.2 Å². The fourth-order valence-electron chi connectivity index (χ4n) is 5.68. The fraction of sp³-hybridized carbons (Fsp3) is 0.552. The number of anilines is 1. The van der Waals surface area contributed by atoms with Gasteiger partial charge in [-0.25, -0.2) is 0 Å². The van der Waals surface area contributed by atoms with Crippen LogP contribution >= 0.6 is 11.6 Å². The molecule has 4 aliphatic rings. The van der Waals surface area contributed by atoms with Crippen LogP contribution in [-0.4, -0.2) is 73.5 Å². The van der Waals surface area contributed by atoms with Gasteiger partial charge in [0.25, 0.3) is 0 Å². The van der Waals surface area contributed by atoms with Crippen molar-refractivity contribution in [2.75, 3.05) is 31.6 Å². The third-order valence-corrected chi connectivity index (χ3v) is 7.55. The second-order valence-corrected chi connectivity index (χ2v) is 11.7. The summed E-state index contributed by atoms with van der Waals surface area (Å²) in [5, 5.41) is 8.75. The average Bonchev–Trinajstić information content (AvgIpc) is 3.54. The summed E-state index contributed by atoms with van der Waals surface area (Å²) in [4.78, 5) is 4.40. The Hall–Kier alpha value is -2.24. The highest BCUT2D eigenvalue weighted by Gasteiger charge is 2.61. The third-order valence-electron chi connectivity index (χ3n) is 7.32. The molecule has 6 rings (SSSR count). The van der Waals surface area contributed by atoms with Crippen molar-refractivity contribution in [2.45, 2.75) is 70.0 Å². The van der Waals surface area contributed by atoms with Gasteiger partial charge in [-0.15, -0.1) is 0 Å². The van der Waals surface area contributed by atoms with Crippen molar-refractivity contribution in [1.29, 1.82) is 0 Å². The minimum atomic E-state index is -0.786. The summed E-state index contributed by atoms with van der Waals surface area (Å²) in [5.74, 6) is -0.432. The summed E-state index contributed by atoms with van der Waals surface area (Å²) >= 11 is 6.10. The van der Waals surface area contributed by atoms with Crippen LogP contribution in [0.25, 0.3) is 10.9 Å². The van der Waals surface area contributed by atoms with E-state index >= 15 is 0 Å². The molecule has 6 atom stereocenters. The molecule has 10 heteroatoms. The lowest BCUT2D eigenvalue weighted by molar-refractivity contribution is -0.347. The minimum absolute atomic E-state index is 0.147. The predicted octanol–water partition coefficient (Wildman–Crippen LogP) is 4.37. The zero-order valence-corrected chi connectivity index (χ0v) is 23.4. The molecule has 3 fully saturated rings. The van der Waals surface area contributed by atoms with E-state index in [2.05, 4.69) is 21.7 Å². The van der Waals surface area contributed by atoms with Crippen LogP contribution in [0.1, 0.15) is 27.7 Å². The van der Waals surface area contributed by atoms with Gasteiger partial charge < -0.3 is 39.1 Å². The molecule has 39 heavy (non-hydrogen) atoms. The SMILES string of the molecule is CC1(C)O[C@H]2O[C@H]3[C@H](OC(C)(C)O[C@@H]3COC3=CC=CC3CNCCNc3ccnc4cc(Cl)ccc34)[C@H]2O1. The molecule has 2 aromatic rings. The van der Waals surface area contributed by atoms with Crippen molar-refractivity contribution in [2.24, 2.45) is 5.92 Å². The monoisotopic (exact) mass is 557 g/mol. The van der Waals surface area contributed by atoms with E-state index in [1.807, 2.05) is 64.1 Å². The van der Waals surface area contributed by atoms with E-state index in [-0.39, 0.29) is 30.3 Å². The lowest BCUT2D eigenvalue weighted by Crippen LogP contribution is -2.57. The van der Waals surface area contributed by atoms with Gasteiger partial charge in [-0.2, -0.15) is 0 Å².